The Hall–Kier alpha value is -2.44. The molecule has 0 nitrogen and oxygen atoms in total. The molecule has 0 saturated carbocycles. The number of rotatable bonds is 1. The molecule has 2 aromatic rings. The fourth-order valence-electron chi connectivity index (χ4n) is 1.50. The van der Waals surface area contributed by atoms with Crippen LogP contribution >= 0.6 is 0 Å². The molecule has 18 heavy (non-hydrogen) atoms. The molecule has 0 amide bonds. The summed E-state index contributed by atoms with van der Waals surface area (Å²) in [6.07, 6.45) is 1.63. The highest BCUT2D eigenvalue weighted by Crippen LogP contribution is 1.97. The van der Waals surface area contributed by atoms with Gasteiger partial charge in [-0.3, -0.25) is 0 Å². The lowest BCUT2D eigenvalue weighted by atomic mass is 10.2. The predicted octanol–water partition coefficient (Wildman–Crippen LogP) is 3.87. The van der Waals surface area contributed by atoms with Crippen molar-refractivity contribution in [1.82, 2.24) is 0 Å². The minimum atomic E-state index is 0.814. The van der Waals surface area contributed by atoms with Gasteiger partial charge in [-0.1, -0.05) is 60.1 Å². The SMILES string of the molecule is C(#Cc1ccccc1)CCC#Cc1ccccc1. The second kappa shape index (κ2) is 7.00. The molecule has 0 atom stereocenters. The van der Waals surface area contributed by atoms with Crippen molar-refractivity contribution in [3.63, 3.8) is 0 Å². The van der Waals surface area contributed by atoms with Crippen LogP contribution in [0.5, 0.6) is 0 Å². The summed E-state index contributed by atoms with van der Waals surface area (Å²) in [5, 5.41) is 0. The summed E-state index contributed by atoms with van der Waals surface area (Å²) < 4.78 is 0. The molecule has 0 heterocycles. The molecular formula is C18H14. The van der Waals surface area contributed by atoms with Gasteiger partial charge in [0.2, 0.25) is 0 Å². The van der Waals surface area contributed by atoms with Gasteiger partial charge in [0.25, 0.3) is 0 Å². The van der Waals surface area contributed by atoms with Crippen LogP contribution in [0.1, 0.15) is 24.0 Å². The van der Waals surface area contributed by atoms with E-state index in [2.05, 4.69) is 23.7 Å². The zero-order valence-corrected chi connectivity index (χ0v) is 10.2. The summed E-state index contributed by atoms with van der Waals surface area (Å²) in [5.74, 6) is 12.5. The van der Waals surface area contributed by atoms with Crippen molar-refractivity contribution < 1.29 is 0 Å². The monoisotopic (exact) mass is 230 g/mol. The summed E-state index contributed by atoms with van der Waals surface area (Å²) in [7, 11) is 0. The standard InChI is InChI=1S/C18H14/c1(5-11-17-13-7-3-8-14-17)2-6-12-18-15-9-4-10-16-18/h3-4,7-10,13-16H,1-2H2. The number of unbranched alkanes of at least 4 members (excludes halogenated alkanes) is 1. The van der Waals surface area contributed by atoms with Crippen LogP contribution in [0.15, 0.2) is 60.7 Å². The van der Waals surface area contributed by atoms with Crippen LogP contribution in [0.3, 0.4) is 0 Å². The van der Waals surface area contributed by atoms with Gasteiger partial charge in [0, 0.05) is 24.0 Å². The Morgan fingerprint density at radius 1 is 0.556 bits per heavy atom. The van der Waals surface area contributed by atoms with E-state index in [1.807, 2.05) is 60.7 Å². The van der Waals surface area contributed by atoms with E-state index in [9.17, 15) is 0 Å². The van der Waals surface area contributed by atoms with E-state index in [-0.39, 0.29) is 0 Å². The first kappa shape index (κ1) is 12.0. The lowest BCUT2D eigenvalue weighted by Crippen LogP contribution is -1.73. The van der Waals surface area contributed by atoms with Crippen molar-refractivity contribution in [3.8, 4) is 23.7 Å². The first-order valence-electron chi connectivity index (χ1n) is 6.03. The van der Waals surface area contributed by atoms with Crippen molar-refractivity contribution in [3.05, 3.63) is 71.8 Å². The average molecular weight is 230 g/mol. The fourth-order valence-corrected chi connectivity index (χ4v) is 1.50. The van der Waals surface area contributed by atoms with Crippen LogP contribution < -0.4 is 0 Å². The summed E-state index contributed by atoms with van der Waals surface area (Å²) in [6, 6.07) is 20.1. The van der Waals surface area contributed by atoms with E-state index < -0.39 is 0 Å². The van der Waals surface area contributed by atoms with E-state index in [0.717, 1.165) is 24.0 Å². The molecule has 0 bridgehead atoms. The molecule has 0 aromatic heterocycles. The molecule has 0 radical (unpaired) electrons. The smallest absolute Gasteiger partial charge is 0.0245 e. The first-order valence-corrected chi connectivity index (χ1v) is 6.03. The third-order valence-electron chi connectivity index (χ3n) is 2.39. The molecule has 0 aliphatic rings. The van der Waals surface area contributed by atoms with Crippen LogP contribution in [0, 0.1) is 23.7 Å². The van der Waals surface area contributed by atoms with Gasteiger partial charge in [-0.05, 0) is 24.3 Å². The molecule has 0 fully saturated rings. The normalized spacial score (nSPS) is 8.67. The quantitative estimate of drug-likeness (QED) is 0.515. The van der Waals surface area contributed by atoms with E-state index in [1.165, 1.54) is 0 Å². The van der Waals surface area contributed by atoms with Gasteiger partial charge >= 0.3 is 0 Å². The Balaban J connectivity index is 1.81. The van der Waals surface area contributed by atoms with Gasteiger partial charge in [-0.25, -0.2) is 0 Å². The fraction of sp³-hybridized carbons (Fsp3) is 0.111. The Kier molecular flexibility index (Phi) is 4.68. The van der Waals surface area contributed by atoms with Crippen LogP contribution in [0.2, 0.25) is 0 Å². The second-order valence-electron chi connectivity index (χ2n) is 3.84. The van der Waals surface area contributed by atoms with Gasteiger partial charge in [-0.15, -0.1) is 0 Å². The molecule has 2 rings (SSSR count). The van der Waals surface area contributed by atoms with Crippen LogP contribution in [-0.4, -0.2) is 0 Å². The average Bonchev–Trinajstić information content (AvgIpc) is 2.45. The molecule has 0 heteroatoms. The van der Waals surface area contributed by atoms with Crippen molar-refractivity contribution in [2.75, 3.05) is 0 Å². The number of hydrogen-bond donors (Lipinski definition) is 0. The highest BCUT2D eigenvalue weighted by Gasteiger charge is 1.82. The lowest BCUT2D eigenvalue weighted by Gasteiger charge is -1.87. The van der Waals surface area contributed by atoms with Crippen LogP contribution in [0.25, 0.3) is 0 Å². The maximum absolute atomic E-state index is 3.14. The van der Waals surface area contributed by atoms with Crippen molar-refractivity contribution in [1.29, 1.82) is 0 Å². The summed E-state index contributed by atoms with van der Waals surface area (Å²) >= 11 is 0. The van der Waals surface area contributed by atoms with E-state index in [4.69, 9.17) is 0 Å². The zero-order valence-electron chi connectivity index (χ0n) is 10.2. The molecule has 0 saturated heterocycles. The number of benzene rings is 2. The van der Waals surface area contributed by atoms with Crippen LogP contribution in [0.4, 0.5) is 0 Å². The summed E-state index contributed by atoms with van der Waals surface area (Å²) in [5.41, 5.74) is 2.13. The maximum Gasteiger partial charge on any atom is 0.0245 e. The molecule has 0 aliphatic heterocycles. The van der Waals surface area contributed by atoms with Gasteiger partial charge in [0.15, 0.2) is 0 Å². The minimum Gasteiger partial charge on any atom is -0.0969 e. The van der Waals surface area contributed by atoms with E-state index >= 15 is 0 Å². The largest absolute Gasteiger partial charge is 0.0969 e. The van der Waals surface area contributed by atoms with Crippen molar-refractivity contribution in [2.45, 2.75) is 12.8 Å². The zero-order chi connectivity index (χ0) is 12.5. The molecule has 86 valence electrons. The van der Waals surface area contributed by atoms with Crippen molar-refractivity contribution >= 4 is 0 Å². The molecule has 0 aliphatic carbocycles. The molecule has 0 unspecified atom stereocenters. The Morgan fingerprint density at radius 3 is 1.33 bits per heavy atom. The number of hydrogen-bond acceptors (Lipinski definition) is 0. The molecule has 0 N–H and O–H groups in total. The first-order chi connectivity index (χ1) is 8.95. The van der Waals surface area contributed by atoms with E-state index in [1.54, 1.807) is 0 Å². The summed E-state index contributed by atoms with van der Waals surface area (Å²) in [6.45, 7) is 0. The van der Waals surface area contributed by atoms with Gasteiger partial charge in [0.05, 0.1) is 0 Å². The molecule has 2 aromatic carbocycles. The topological polar surface area (TPSA) is 0 Å². The Labute approximate surface area is 109 Å². The summed E-state index contributed by atoms with van der Waals surface area (Å²) in [4.78, 5) is 0. The predicted molar refractivity (Wildman–Crippen MR) is 75.9 cm³/mol. The second-order valence-corrected chi connectivity index (χ2v) is 3.84. The molecule has 0 spiro atoms. The Bertz CT molecular complexity index is 529. The van der Waals surface area contributed by atoms with Crippen molar-refractivity contribution in [2.24, 2.45) is 0 Å². The van der Waals surface area contributed by atoms with Gasteiger partial charge < -0.3 is 0 Å². The van der Waals surface area contributed by atoms with E-state index in [0.29, 0.717) is 0 Å². The van der Waals surface area contributed by atoms with Gasteiger partial charge in [0.1, 0.15) is 0 Å². The minimum absolute atomic E-state index is 0.814. The maximum atomic E-state index is 3.14. The van der Waals surface area contributed by atoms with Crippen LogP contribution in [-0.2, 0) is 0 Å². The lowest BCUT2D eigenvalue weighted by molar-refractivity contribution is 1.12. The van der Waals surface area contributed by atoms with Gasteiger partial charge in [-0.2, -0.15) is 0 Å². The third-order valence-corrected chi connectivity index (χ3v) is 2.39. The highest BCUT2D eigenvalue weighted by molar-refractivity contribution is 5.35. The molecular weight excluding hydrogens is 216 g/mol. The third kappa shape index (κ3) is 4.20. The Morgan fingerprint density at radius 2 is 0.944 bits per heavy atom. The highest BCUT2D eigenvalue weighted by atomic mass is 13.9.